The molecule has 0 saturated heterocycles. The second-order valence-corrected chi connectivity index (χ2v) is 6.37. The number of carbonyl (C=O) groups is 2. The Hall–Kier alpha value is -3.25. The summed E-state index contributed by atoms with van der Waals surface area (Å²) in [5.41, 5.74) is 2.84. The molecule has 0 radical (unpaired) electrons. The zero-order chi connectivity index (χ0) is 19.4. The molecule has 3 rings (SSSR count). The maximum Gasteiger partial charge on any atom is 0.274 e. The van der Waals surface area contributed by atoms with E-state index in [1.807, 2.05) is 0 Å². The van der Waals surface area contributed by atoms with Gasteiger partial charge in [0.25, 0.3) is 5.91 Å². The first-order valence-electron chi connectivity index (χ1n) is 8.21. The lowest BCUT2D eigenvalue weighted by atomic mass is 10.1. The Morgan fingerprint density at radius 1 is 0.926 bits per heavy atom. The maximum atomic E-state index is 12.5. The molecule has 0 atom stereocenters. The molecule has 0 fully saturated rings. The zero-order valence-electron chi connectivity index (χ0n) is 14.8. The van der Waals surface area contributed by atoms with Gasteiger partial charge in [0.05, 0.1) is 0 Å². The van der Waals surface area contributed by atoms with Gasteiger partial charge in [0.15, 0.2) is 5.78 Å². The molecule has 0 spiro atoms. The van der Waals surface area contributed by atoms with E-state index in [9.17, 15) is 9.59 Å². The van der Waals surface area contributed by atoms with Crippen LogP contribution in [0.15, 0.2) is 54.6 Å². The molecule has 0 aliphatic carbocycles. The van der Waals surface area contributed by atoms with Crippen molar-refractivity contribution in [1.82, 2.24) is 9.97 Å². The van der Waals surface area contributed by atoms with E-state index in [4.69, 9.17) is 11.6 Å². The molecule has 2 N–H and O–H groups in total. The first-order chi connectivity index (χ1) is 12.9. The molecule has 2 aromatic carbocycles. The third kappa shape index (κ3) is 4.89. The number of aryl methyl sites for hydroxylation is 1. The van der Waals surface area contributed by atoms with E-state index in [1.54, 1.807) is 61.5 Å². The molecule has 1 heterocycles. The Balaban J connectivity index is 1.78. The van der Waals surface area contributed by atoms with Crippen LogP contribution in [0.25, 0.3) is 0 Å². The number of nitrogens with one attached hydrogen (secondary N) is 2. The summed E-state index contributed by atoms with van der Waals surface area (Å²) in [5, 5.41) is 6.41. The van der Waals surface area contributed by atoms with Crippen LogP contribution < -0.4 is 10.6 Å². The number of benzene rings is 2. The van der Waals surface area contributed by atoms with Gasteiger partial charge in [0.2, 0.25) is 5.95 Å². The van der Waals surface area contributed by atoms with Crippen LogP contribution in [0.3, 0.4) is 0 Å². The van der Waals surface area contributed by atoms with Gasteiger partial charge in [-0.05, 0) is 68.4 Å². The van der Waals surface area contributed by atoms with Crippen LogP contribution in [0.1, 0.15) is 33.5 Å². The maximum absolute atomic E-state index is 12.5. The smallest absolute Gasteiger partial charge is 0.274 e. The number of Topliss-reactive ketones (excluding diaryl/α,β-unsaturated/α-hetero) is 1. The van der Waals surface area contributed by atoms with Crippen molar-refractivity contribution in [3.05, 3.63) is 76.6 Å². The first-order valence-corrected chi connectivity index (χ1v) is 8.59. The third-order valence-corrected chi connectivity index (χ3v) is 3.99. The summed E-state index contributed by atoms with van der Waals surface area (Å²) in [6, 6.07) is 15.4. The van der Waals surface area contributed by atoms with Crippen molar-refractivity contribution in [3.8, 4) is 0 Å². The van der Waals surface area contributed by atoms with Crippen LogP contribution >= 0.6 is 11.6 Å². The van der Waals surface area contributed by atoms with Gasteiger partial charge >= 0.3 is 0 Å². The number of hydrogen-bond acceptors (Lipinski definition) is 5. The minimum Gasteiger partial charge on any atom is -0.324 e. The summed E-state index contributed by atoms with van der Waals surface area (Å²) in [7, 11) is 0. The fraction of sp³-hybridized carbons (Fsp3) is 0.100. The molecule has 0 aliphatic heterocycles. The largest absolute Gasteiger partial charge is 0.324 e. The first kappa shape index (κ1) is 18.5. The molecule has 0 saturated carbocycles. The van der Waals surface area contributed by atoms with E-state index < -0.39 is 0 Å². The van der Waals surface area contributed by atoms with Gasteiger partial charge in [0, 0.05) is 27.7 Å². The van der Waals surface area contributed by atoms with E-state index in [2.05, 4.69) is 20.6 Å². The van der Waals surface area contributed by atoms with E-state index >= 15 is 0 Å². The average Bonchev–Trinajstić information content (AvgIpc) is 2.63. The number of aromatic nitrogens is 2. The van der Waals surface area contributed by atoms with Gasteiger partial charge < -0.3 is 10.6 Å². The normalized spacial score (nSPS) is 10.3. The molecule has 1 aromatic heterocycles. The monoisotopic (exact) mass is 380 g/mol. The number of halogens is 1. The van der Waals surface area contributed by atoms with Gasteiger partial charge in [-0.15, -0.1) is 0 Å². The average molecular weight is 381 g/mol. The summed E-state index contributed by atoms with van der Waals surface area (Å²) < 4.78 is 0. The molecule has 27 heavy (non-hydrogen) atoms. The Morgan fingerprint density at radius 3 is 2.19 bits per heavy atom. The number of amides is 1. The predicted octanol–water partition coefficient (Wildman–Crippen LogP) is 4.64. The highest BCUT2D eigenvalue weighted by atomic mass is 35.5. The van der Waals surface area contributed by atoms with Crippen molar-refractivity contribution >= 4 is 40.6 Å². The standard InChI is InChI=1S/C20H17ClN4O2/c1-12-11-18(19(27)23-16-9-5-15(21)6-10-16)25-20(22-12)24-17-7-3-14(4-8-17)13(2)26/h3-11H,1-2H3,(H,23,27)(H,22,24,25). The molecule has 0 aliphatic rings. The molecule has 7 heteroatoms. The number of hydrogen-bond donors (Lipinski definition) is 2. The molecule has 1 amide bonds. The van der Waals surface area contributed by atoms with Crippen LogP contribution in [-0.2, 0) is 0 Å². The van der Waals surface area contributed by atoms with E-state index in [-0.39, 0.29) is 17.4 Å². The van der Waals surface area contributed by atoms with Crippen molar-refractivity contribution in [2.75, 3.05) is 10.6 Å². The molecule has 0 bridgehead atoms. The summed E-state index contributed by atoms with van der Waals surface area (Å²) in [4.78, 5) is 32.4. The van der Waals surface area contributed by atoms with Gasteiger partial charge in [-0.1, -0.05) is 11.6 Å². The van der Waals surface area contributed by atoms with Crippen LogP contribution in [0.4, 0.5) is 17.3 Å². The predicted molar refractivity (Wildman–Crippen MR) is 106 cm³/mol. The SMILES string of the molecule is CC(=O)c1ccc(Nc2nc(C)cc(C(=O)Nc3ccc(Cl)cc3)n2)cc1. The summed E-state index contributed by atoms with van der Waals surface area (Å²) in [6.07, 6.45) is 0. The van der Waals surface area contributed by atoms with Gasteiger partial charge in [-0.3, -0.25) is 9.59 Å². The second kappa shape index (κ2) is 7.97. The Labute approximate surface area is 161 Å². The van der Waals surface area contributed by atoms with Crippen molar-refractivity contribution in [1.29, 1.82) is 0 Å². The van der Waals surface area contributed by atoms with Crippen molar-refractivity contribution in [2.24, 2.45) is 0 Å². The lowest BCUT2D eigenvalue weighted by Gasteiger charge is -2.09. The van der Waals surface area contributed by atoms with E-state index in [1.165, 1.54) is 6.92 Å². The fourth-order valence-electron chi connectivity index (χ4n) is 2.39. The summed E-state index contributed by atoms with van der Waals surface area (Å²) >= 11 is 5.85. The fourth-order valence-corrected chi connectivity index (χ4v) is 2.51. The van der Waals surface area contributed by atoms with E-state index in [0.717, 1.165) is 5.69 Å². The van der Waals surface area contributed by atoms with E-state index in [0.29, 0.717) is 27.9 Å². The number of nitrogens with zero attached hydrogens (tertiary/aromatic N) is 2. The number of anilines is 3. The minimum atomic E-state index is -0.349. The molecular formula is C20H17ClN4O2. The lowest BCUT2D eigenvalue weighted by molar-refractivity contribution is 0.101. The number of ketones is 1. The number of rotatable bonds is 5. The van der Waals surface area contributed by atoms with Crippen LogP contribution in [0.5, 0.6) is 0 Å². The molecule has 3 aromatic rings. The molecular weight excluding hydrogens is 364 g/mol. The zero-order valence-corrected chi connectivity index (χ0v) is 15.5. The van der Waals surface area contributed by atoms with Crippen LogP contribution in [-0.4, -0.2) is 21.7 Å². The van der Waals surface area contributed by atoms with Gasteiger partial charge in [-0.25, -0.2) is 9.97 Å². The molecule has 136 valence electrons. The second-order valence-electron chi connectivity index (χ2n) is 5.94. The Morgan fingerprint density at radius 2 is 1.56 bits per heavy atom. The highest BCUT2D eigenvalue weighted by molar-refractivity contribution is 6.30. The summed E-state index contributed by atoms with van der Waals surface area (Å²) in [6.45, 7) is 3.29. The number of carbonyl (C=O) groups excluding carboxylic acids is 2. The van der Waals surface area contributed by atoms with Crippen molar-refractivity contribution in [2.45, 2.75) is 13.8 Å². The Bertz CT molecular complexity index is 986. The van der Waals surface area contributed by atoms with Gasteiger partial charge in [-0.2, -0.15) is 0 Å². The highest BCUT2D eigenvalue weighted by Gasteiger charge is 2.11. The quantitative estimate of drug-likeness (QED) is 0.630. The van der Waals surface area contributed by atoms with Crippen molar-refractivity contribution < 1.29 is 9.59 Å². The van der Waals surface area contributed by atoms with Crippen molar-refractivity contribution in [3.63, 3.8) is 0 Å². The molecule has 0 unspecified atom stereocenters. The van der Waals surface area contributed by atoms with Crippen LogP contribution in [0, 0.1) is 6.92 Å². The Kier molecular flexibility index (Phi) is 5.47. The highest BCUT2D eigenvalue weighted by Crippen LogP contribution is 2.17. The lowest BCUT2D eigenvalue weighted by Crippen LogP contribution is -2.15. The minimum absolute atomic E-state index is 0.00508. The van der Waals surface area contributed by atoms with Gasteiger partial charge in [0.1, 0.15) is 5.69 Å². The molecule has 6 nitrogen and oxygen atoms in total. The third-order valence-electron chi connectivity index (χ3n) is 3.74. The van der Waals surface area contributed by atoms with Crippen LogP contribution in [0.2, 0.25) is 5.02 Å². The topological polar surface area (TPSA) is 84.0 Å². The summed E-state index contributed by atoms with van der Waals surface area (Å²) in [5.74, 6) is -0.0563.